The number of aliphatic imine (C=N–C) groups is 1. The molecule has 0 bridgehead atoms. The Morgan fingerprint density at radius 1 is 1.28 bits per heavy atom. The van der Waals surface area contributed by atoms with Gasteiger partial charge >= 0.3 is 0 Å². The fourth-order valence-electron chi connectivity index (χ4n) is 4.68. The predicted molar refractivity (Wildman–Crippen MR) is 129 cm³/mol. The van der Waals surface area contributed by atoms with Gasteiger partial charge in [0.1, 0.15) is 6.10 Å². The van der Waals surface area contributed by atoms with Crippen LogP contribution in [0.1, 0.15) is 51.2 Å². The van der Waals surface area contributed by atoms with E-state index in [-0.39, 0.29) is 30.1 Å². The Morgan fingerprint density at radius 3 is 2.59 bits per heavy atom. The molecule has 29 heavy (non-hydrogen) atoms. The van der Waals surface area contributed by atoms with E-state index in [0.29, 0.717) is 12.6 Å². The molecule has 3 heterocycles. The maximum atomic E-state index is 6.00. The van der Waals surface area contributed by atoms with Crippen molar-refractivity contribution in [3.8, 4) is 0 Å². The molecule has 2 atom stereocenters. The molecule has 7 nitrogen and oxygen atoms in total. The first kappa shape index (κ1) is 24.4. The minimum atomic E-state index is 0. The van der Waals surface area contributed by atoms with Crippen LogP contribution in [0.4, 0.5) is 0 Å². The first-order valence-corrected chi connectivity index (χ1v) is 11.0. The molecule has 2 aliphatic heterocycles. The van der Waals surface area contributed by atoms with E-state index < -0.39 is 0 Å². The van der Waals surface area contributed by atoms with Gasteiger partial charge in [-0.1, -0.05) is 26.7 Å². The molecule has 1 aromatic heterocycles. The van der Waals surface area contributed by atoms with E-state index in [1.54, 1.807) is 0 Å². The summed E-state index contributed by atoms with van der Waals surface area (Å²) in [4.78, 5) is 9.61. The van der Waals surface area contributed by atoms with Gasteiger partial charge in [0.05, 0.1) is 19.3 Å². The molecule has 1 aromatic rings. The molecule has 0 radical (unpaired) electrons. The lowest BCUT2D eigenvalue weighted by atomic mass is 9.93. The van der Waals surface area contributed by atoms with Gasteiger partial charge in [0.25, 0.3) is 0 Å². The third-order valence-corrected chi connectivity index (χ3v) is 6.35. The Bertz CT molecular complexity index is 624. The van der Waals surface area contributed by atoms with Gasteiger partial charge in [0.2, 0.25) is 0 Å². The van der Waals surface area contributed by atoms with E-state index in [1.165, 1.54) is 38.8 Å². The van der Waals surface area contributed by atoms with Gasteiger partial charge in [-0.3, -0.25) is 14.6 Å². The summed E-state index contributed by atoms with van der Waals surface area (Å²) < 4.78 is 7.83. The first-order chi connectivity index (χ1) is 13.7. The zero-order chi connectivity index (χ0) is 19.9. The van der Waals surface area contributed by atoms with E-state index in [2.05, 4.69) is 39.1 Å². The highest BCUT2D eigenvalue weighted by atomic mass is 127. The number of aryl methyl sites for hydroxylation is 1. The van der Waals surface area contributed by atoms with Crippen LogP contribution in [0.5, 0.6) is 0 Å². The lowest BCUT2D eigenvalue weighted by Crippen LogP contribution is -2.53. The van der Waals surface area contributed by atoms with Crippen LogP contribution in [0.3, 0.4) is 0 Å². The molecule has 2 fully saturated rings. The molecular formula is C21H39IN6O. The first-order valence-electron chi connectivity index (χ1n) is 11.0. The minimum Gasteiger partial charge on any atom is -0.370 e. The van der Waals surface area contributed by atoms with Gasteiger partial charge in [-0.05, 0) is 31.8 Å². The molecule has 2 saturated heterocycles. The zero-order valence-corrected chi connectivity index (χ0v) is 20.8. The van der Waals surface area contributed by atoms with Gasteiger partial charge in [0, 0.05) is 45.0 Å². The molecular weight excluding hydrogens is 479 g/mol. The van der Waals surface area contributed by atoms with Crippen LogP contribution < -0.4 is 5.32 Å². The van der Waals surface area contributed by atoms with Crippen molar-refractivity contribution in [2.24, 2.45) is 18.0 Å². The standard InChI is InChI=1S/C21H38N6O.HI/c1-5-17(6-2)19(26-9-7-8-10-26)14-23-21(22-3)27-11-12-28-20(16-27)18-13-24-25(4)15-18;/h13,15,17,19-20H,5-12,14,16H2,1-4H3,(H,22,23);1H. The molecule has 0 amide bonds. The summed E-state index contributed by atoms with van der Waals surface area (Å²) >= 11 is 0. The average molecular weight is 518 g/mol. The number of hydrogen-bond acceptors (Lipinski definition) is 4. The summed E-state index contributed by atoms with van der Waals surface area (Å²) in [6, 6.07) is 0.587. The molecule has 2 unspecified atom stereocenters. The second-order valence-electron chi connectivity index (χ2n) is 8.07. The fraction of sp³-hybridized carbons (Fsp3) is 0.810. The van der Waals surface area contributed by atoms with Crippen molar-refractivity contribution in [1.82, 2.24) is 24.9 Å². The highest BCUT2D eigenvalue weighted by molar-refractivity contribution is 14.0. The van der Waals surface area contributed by atoms with Crippen LogP contribution in [-0.2, 0) is 11.8 Å². The number of morpholine rings is 1. The number of guanidine groups is 1. The summed E-state index contributed by atoms with van der Waals surface area (Å²) in [7, 11) is 3.83. The van der Waals surface area contributed by atoms with Crippen molar-refractivity contribution < 1.29 is 4.74 Å². The van der Waals surface area contributed by atoms with E-state index in [1.807, 2.05) is 31.2 Å². The van der Waals surface area contributed by atoms with Crippen LogP contribution in [0, 0.1) is 5.92 Å². The van der Waals surface area contributed by atoms with E-state index in [9.17, 15) is 0 Å². The Kier molecular flexibility index (Phi) is 10.2. The van der Waals surface area contributed by atoms with Crippen molar-refractivity contribution in [2.45, 2.75) is 51.7 Å². The van der Waals surface area contributed by atoms with Gasteiger partial charge in [0.15, 0.2) is 5.96 Å². The molecule has 0 spiro atoms. The SMILES string of the molecule is CCC(CC)C(CNC(=NC)N1CCOC(c2cnn(C)c2)C1)N1CCCC1.I. The quantitative estimate of drug-likeness (QED) is 0.342. The number of hydrogen-bond donors (Lipinski definition) is 1. The maximum Gasteiger partial charge on any atom is 0.193 e. The van der Waals surface area contributed by atoms with Crippen molar-refractivity contribution in [1.29, 1.82) is 0 Å². The Labute approximate surface area is 193 Å². The van der Waals surface area contributed by atoms with E-state index >= 15 is 0 Å². The third-order valence-electron chi connectivity index (χ3n) is 6.35. The van der Waals surface area contributed by atoms with Crippen LogP contribution in [0.2, 0.25) is 0 Å². The molecule has 166 valence electrons. The predicted octanol–water partition coefficient (Wildman–Crippen LogP) is 2.89. The van der Waals surface area contributed by atoms with E-state index in [0.717, 1.165) is 37.1 Å². The topological polar surface area (TPSA) is 57.9 Å². The lowest BCUT2D eigenvalue weighted by molar-refractivity contribution is -0.00819. The van der Waals surface area contributed by atoms with Crippen LogP contribution in [0.25, 0.3) is 0 Å². The van der Waals surface area contributed by atoms with Crippen molar-refractivity contribution >= 4 is 29.9 Å². The number of halogens is 1. The molecule has 3 rings (SSSR count). The zero-order valence-electron chi connectivity index (χ0n) is 18.5. The highest BCUT2D eigenvalue weighted by Gasteiger charge is 2.29. The fourth-order valence-corrected chi connectivity index (χ4v) is 4.68. The smallest absolute Gasteiger partial charge is 0.193 e. The summed E-state index contributed by atoms with van der Waals surface area (Å²) in [5.74, 6) is 1.73. The average Bonchev–Trinajstić information content (AvgIpc) is 3.40. The molecule has 1 N–H and O–H groups in total. The summed E-state index contributed by atoms with van der Waals surface area (Å²) in [6.07, 6.45) is 9.14. The number of nitrogens with zero attached hydrogens (tertiary/aromatic N) is 5. The van der Waals surface area contributed by atoms with Crippen LogP contribution >= 0.6 is 24.0 Å². The lowest BCUT2D eigenvalue weighted by Gasteiger charge is -2.37. The molecule has 0 aromatic carbocycles. The van der Waals surface area contributed by atoms with Crippen molar-refractivity contribution in [3.05, 3.63) is 18.0 Å². The number of aromatic nitrogens is 2. The Balaban J connectivity index is 0.00000300. The molecule has 0 aliphatic carbocycles. The molecule has 0 saturated carbocycles. The van der Waals surface area contributed by atoms with Crippen LogP contribution in [-0.4, -0.2) is 78.0 Å². The number of ether oxygens (including phenoxy) is 1. The van der Waals surface area contributed by atoms with Crippen LogP contribution in [0.15, 0.2) is 17.4 Å². The summed E-state index contributed by atoms with van der Waals surface area (Å²) in [5, 5.41) is 7.99. The normalized spacial score (nSPS) is 22.0. The molecule has 8 heteroatoms. The third kappa shape index (κ3) is 6.30. The second kappa shape index (κ2) is 12.1. The largest absolute Gasteiger partial charge is 0.370 e. The monoisotopic (exact) mass is 518 g/mol. The van der Waals surface area contributed by atoms with E-state index in [4.69, 9.17) is 4.74 Å². The number of nitrogens with one attached hydrogen (secondary N) is 1. The summed E-state index contributed by atoms with van der Waals surface area (Å²) in [6.45, 7) is 10.5. The Hall–Kier alpha value is -0.870. The Morgan fingerprint density at radius 2 is 2.00 bits per heavy atom. The molecule has 2 aliphatic rings. The number of likely N-dealkylation sites (tertiary alicyclic amines) is 1. The van der Waals surface area contributed by atoms with Gasteiger partial charge < -0.3 is 15.0 Å². The number of rotatable bonds is 7. The van der Waals surface area contributed by atoms with Gasteiger partial charge in [-0.25, -0.2) is 0 Å². The van der Waals surface area contributed by atoms with Gasteiger partial charge in [-0.2, -0.15) is 5.10 Å². The summed E-state index contributed by atoms with van der Waals surface area (Å²) in [5.41, 5.74) is 1.13. The highest BCUT2D eigenvalue weighted by Crippen LogP contribution is 2.24. The minimum absolute atomic E-state index is 0. The van der Waals surface area contributed by atoms with Gasteiger partial charge in [-0.15, -0.1) is 24.0 Å². The van der Waals surface area contributed by atoms with Crippen molar-refractivity contribution in [2.75, 3.05) is 46.4 Å². The second-order valence-corrected chi connectivity index (χ2v) is 8.07. The maximum absolute atomic E-state index is 6.00. The van der Waals surface area contributed by atoms with Crippen molar-refractivity contribution in [3.63, 3.8) is 0 Å².